The molecule has 0 radical (unpaired) electrons. The third-order valence-corrected chi connectivity index (χ3v) is 4.73. The van der Waals surface area contributed by atoms with Crippen LogP contribution in [0.15, 0.2) is 64.4 Å². The van der Waals surface area contributed by atoms with Gasteiger partial charge in [-0.15, -0.1) is 0 Å². The number of hydrogen-bond donors (Lipinski definition) is 0. The Morgan fingerprint density at radius 1 is 0.958 bits per heavy atom. The van der Waals surface area contributed by atoms with Crippen LogP contribution in [0.25, 0.3) is 0 Å². The Kier molecular flexibility index (Phi) is 7.94. The fourth-order valence-electron chi connectivity index (χ4n) is 3.11. The number of nitrogens with zero attached hydrogens (tertiary/aromatic N) is 2. The van der Waals surface area contributed by atoms with Crippen LogP contribution in [0, 0.1) is 0 Å². The molecule has 24 heavy (non-hydrogen) atoms. The molecule has 1 aromatic rings. The van der Waals surface area contributed by atoms with E-state index in [1.165, 1.54) is 50.5 Å². The lowest BCUT2D eigenvalue weighted by atomic mass is 9.84. The molecule has 0 aliphatic heterocycles. The maximum absolute atomic E-state index is 4.78. The van der Waals surface area contributed by atoms with Crippen molar-refractivity contribution in [1.82, 2.24) is 0 Å². The summed E-state index contributed by atoms with van der Waals surface area (Å²) in [5.74, 6) is 0. The summed E-state index contributed by atoms with van der Waals surface area (Å²) in [6, 6.07) is 10.1. The number of benzene rings is 1. The van der Waals surface area contributed by atoms with E-state index in [4.69, 9.17) is 5.11 Å². The van der Waals surface area contributed by atoms with Gasteiger partial charge in [0, 0.05) is 0 Å². The highest BCUT2D eigenvalue weighted by Crippen LogP contribution is 2.33. The topological polar surface area (TPSA) is 24.7 Å². The minimum absolute atomic E-state index is 0.140. The zero-order valence-corrected chi connectivity index (χ0v) is 15.4. The minimum atomic E-state index is -0.140. The number of allylic oxidation sites excluding steroid dienone is 2. The molecule has 1 aromatic carbocycles. The molecule has 1 unspecified atom stereocenters. The van der Waals surface area contributed by atoms with Crippen LogP contribution in [-0.4, -0.2) is 5.54 Å². The van der Waals surface area contributed by atoms with Crippen molar-refractivity contribution in [3.63, 3.8) is 0 Å². The second-order valence-corrected chi connectivity index (χ2v) is 6.87. The van der Waals surface area contributed by atoms with Crippen molar-refractivity contribution in [1.29, 1.82) is 0 Å². The molecule has 0 bridgehead atoms. The second-order valence-electron chi connectivity index (χ2n) is 6.87. The van der Waals surface area contributed by atoms with Gasteiger partial charge in [-0.3, -0.25) is 0 Å². The number of hydrogen-bond acceptors (Lipinski definition) is 2. The van der Waals surface area contributed by atoms with Crippen LogP contribution in [0.5, 0.6) is 0 Å². The average molecular weight is 325 g/mol. The fraction of sp³-hybridized carbons (Fsp3) is 0.545. The molecular weight excluding hydrogens is 292 g/mol. The number of unbranched alkanes of at least 4 members (excludes halogenated alkanes) is 4. The molecule has 0 saturated carbocycles. The first-order chi connectivity index (χ1) is 11.8. The molecule has 2 rings (SSSR count). The van der Waals surface area contributed by atoms with E-state index >= 15 is 0 Å². The largest absolute Gasteiger partial charge is 0.177 e. The summed E-state index contributed by atoms with van der Waals surface area (Å²) in [5, 5.41) is 9.31. The van der Waals surface area contributed by atoms with Crippen LogP contribution >= 0.6 is 0 Å². The van der Waals surface area contributed by atoms with E-state index in [1.54, 1.807) is 0 Å². The first kappa shape index (κ1) is 18.6. The van der Waals surface area contributed by atoms with Crippen molar-refractivity contribution >= 4 is 5.69 Å². The molecule has 0 heterocycles. The molecule has 1 atom stereocenters. The third kappa shape index (κ3) is 6.07. The van der Waals surface area contributed by atoms with Crippen LogP contribution in [0.4, 0.5) is 5.69 Å². The lowest BCUT2D eigenvalue weighted by molar-refractivity contribution is 0.442. The van der Waals surface area contributed by atoms with Gasteiger partial charge in [-0.25, -0.2) is 0 Å². The molecular formula is C22H32N2. The lowest BCUT2D eigenvalue weighted by Gasteiger charge is -2.27. The van der Waals surface area contributed by atoms with Crippen LogP contribution in [-0.2, 0) is 0 Å². The van der Waals surface area contributed by atoms with Crippen molar-refractivity contribution in [2.24, 2.45) is 10.2 Å². The molecule has 2 nitrogen and oxygen atoms in total. The van der Waals surface area contributed by atoms with Crippen LogP contribution in [0.1, 0.15) is 71.6 Å². The summed E-state index contributed by atoms with van der Waals surface area (Å²) in [4.78, 5) is 0. The Balaban J connectivity index is 2.03. The van der Waals surface area contributed by atoms with E-state index in [2.05, 4.69) is 37.2 Å². The second kappa shape index (κ2) is 10.2. The molecule has 0 amide bonds. The molecule has 0 aromatic heterocycles. The van der Waals surface area contributed by atoms with Crippen molar-refractivity contribution in [2.75, 3.05) is 0 Å². The summed E-state index contributed by atoms with van der Waals surface area (Å²) >= 11 is 0. The zero-order valence-electron chi connectivity index (χ0n) is 15.4. The van der Waals surface area contributed by atoms with E-state index in [0.29, 0.717) is 0 Å². The van der Waals surface area contributed by atoms with Gasteiger partial charge in [-0.1, -0.05) is 88.0 Å². The Morgan fingerprint density at radius 2 is 1.71 bits per heavy atom. The Hall–Kier alpha value is -1.70. The van der Waals surface area contributed by atoms with Crippen LogP contribution < -0.4 is 0 Å². The molecule has 0 saturated heterocycles. The highest BCUT2D eigenvalue weighted by atomic mass is 15.1. The van der Waals surface area contributed by atoms with Crippen molar-refractivity contribution in [2.45, 2.75) is 77.2 Å². The molecule has 0 N–H and O–H groups in total. The van der Waals surface area contributed by atoms with Gasteiger partial charge in [0.1, 0.15) is 5.54 Å². The van der Waals surface area contributed by atoms with Gasteiger partial charge >= 0.3 is 0 Å². The molecule has 130 valence electrons. The fourth-order valence-corrected chi connectivity index (χ4v) is 3.11. The molecule has 2 heteroatoms. The summed E-state index contributed by atoms with van der Waals surface area (Å²) in [6.07, 6.45) is 17.9. The quantitative estimate of drug-likeness (QED) is 0.313. The smallest absolute Gasteiger partial charge is 0.104 e. The van der Waals surface area contributed by atoms with Crippen LogP contribution in [0.2, 0.25) is 0 Å². The summed E-state index contributed by atoms with van der Waals surface area (Å²) in [6.45, 7) is 4.51. The standard InChI is InChI=1S/C22H32N2/c1-3-5-8-12-20-15-18-22(19-16-20,17-11-6-4-2)24-23-21-13-9-7-10-14-21/h7,9-10,13-16,18H,3-6,8,11-12,17,19H2,1-2H3. The summed E-state index contributed by atoms with van der Waals surface area (Å²) in [7, 11) is 0. The van der Waals surface area contributed by atoms with Crippen molar-refractivity contribution in [3.8, 4) is 0 Å². The van der Waals surface area contributed by atoms with Gasteiger partial charge in [0.2, 0.25) is 0 Å². The number of azo groups is 1. The first-order valence-electron chi connectivity index (χ1n) is 9.64. The Labute approximate surface area is 147 Å². The predicted octanol–water partition coefficient (Wildman–Crippen LogP) is 7.56. The SMILES string of the molecule is CCCCCC1=CCC(CCCCC)(N=Nc2ccccc2)C=C1. The predicted molar refractivity (Wildman–Crippen MR) is 104 cm³/mol. The van der Waals surface area contributed by atoms with Gasteiger partial charge < -0.3 is 0 Å². The van der Waals surface area contributed by atoms with Gasteiger partial charge in [0.15, 0.2) is 0 Å². The first-order valence-corrected chi connectivity index (χ1v) is 9.64. The van der Waals surface area contributed by atoms with E-state index in [1.807, 2.05) is 30.3 Å². The molecule has 1 aliphatic rings. The lowest BCUT2D eigenvalue weighted by Crippen LogP contribution is -2.24. The van der Waals surface area contributed by atoms with Crippen molar-refractivity contribution in [3.05, 3.63) is 54.1 Å². The highest BCUT2D eigenvalue weighted by Gasteiger charge is 2.27. The van der Waals surface area contributed by atoms with Crippen molar-refractivity contribution < 1.29 is 0 Å². The monoisotopic (exact) mass is 324 g/mol. The average Bonchev–Trinajstić information content (AvgIpc) is 2.63. The van der Waals surface area contributed by atoms with E-state index in [0.717, 1.165) is 18.5 Å². The van der Waals surface area contributed by atoms with E-state index in [-0.39, 0.29) is 5.54 Å². The molecule has 1 aliphatic carbocycles. The maximum atomic E-state index is 4.78. The minimum Gasteiger partial charge on any atom is -0.177 e. The van der Waals surface area contributed by atoms with E-state index < -0.39 is 0 Å². The normalized spacial score (nSPS) is 20.5. The Bertz CT molecular complexity index is 557. The van der Waals surface area contributed by atoms with Gasteiger partial charge in [0.25, 0.3) is 0 Å². The summed E-state index contributed by atoms with van der Waals surface area (Å²) < 4.78 is 0. The Morgan fingerprint density at radius 3 is 2.38 bits per heavy atom. The number of rotatable bonds is 10. The maximum Gasteiger partial charge on any atom is 0.104 e. The van der Waals surface area contributed by atoms with Crippen LogP contribution in [0.3, 0.4) is 0 Å². The van der Waals surface area contributed by atoms with Gasteiger partial charge in [0.05, 0.1) is 5.69 Å². The molecule has 0 spiro atoms. The highest BCUT2D eigenvalue weighted by molar-refractivity contribution is 5.35. The van der Waals surface area contributed by atoms with Gasteiger partial charge in [-0.05, 0) is 37.8 Å². The zero-order chi connectivity index (χ0) is 17.1. The van der Waals surface area contributed by atoms with Gasteiger partial charge in [-0.2, -0.15) is 10.2 Å². The molecule has 0 fully saturated rings. The van der Waals surface area contributed by atoms with E-state index in [9.17, 15) is 0 Å². The summed E-state index contributed by atoms with van der Waals surface area (Å²) in [5.41, 5.74) is 2.28. The third-order valence-electron chi connectivity index (χ3n) is 4.73.